The number of nitrogens with one attached hydrogen (secondary N) is 3. The smallest absolute Gasteiger partial charge is 0.276 e. The average Bonchev–Trinajstić information content (AvgIpc) is 2.81. The molecule has 1 aliphatic rings. The lowest BCUT2D eigenvalue weighted by Gasteiger charge is -2.21. The predicted molar refractivity (Wildman–Crippen MR) is 125 cm³/mol. The van der Waals surface area contributed by atoms with Crippen molar-refractivity contribution in [2.45, 2.75) is 44.9 Å². The highest BCUT2D eigenvalue weighted by Crippen LogP contribution is 2.29. The van der Waals surface area contributed by atoms with E-state index in [4.69, 9.17) is 17.0 Å². The summed E-state index contributed by atoms with van der Waals surface area (Å²) in [5, 5.41) is 2.68. The maximum Gasteiger partial charge on any atom is 0.276 e. The zero-order valence-electron chi connectivity index (χ0n) is 17.6. The topological polar surface area (TPSA) is 79.5 Å². The summed E-state index contributed by atoms with van der Waals surface area (Å²) in [4.78, 5) is 24.2. The van der Waals surface area contributed by atoms with Crippen LogP contribution in [0.3, 0.4) is 0 Å². The van der Waals surface area contributed by atoms with E-state index in [1.54, 1.807) is 0 Å². The van der Waals surface area contributed by atoms with Crippen LogP contribution in [0.15, 0.2) is 54.6 Å². The molecule has 3 N–H and O–H groups in total. The van der Waals surface area contributed by atoms with Gasteiger partial charge in [0.05, 0.1) is 0 Å². The Morgan fingerprint density at radius 3 is 2.39 bits per heavy atom. The van der Waals surface area contributed by atoms with Gasteiger partial charge in [-0.15, -0.1) is 0 Å². The molecule has 2 aromatic rings. The van der Waals surface area contributed by atoms with Crippen LogP contribution in [0.4, 0.5) is 0 Å². The van der Waals surface area contributed by atoms with E-state index in [0.29, 0.717) is 18.1 Å². The fraction of sp³-hybridized carbons (Fsp3) is 0.375. The van der Waals surface area contributed by atoms with Gasteiger partial charge in [-0.25, -0.2) is 0 Å². The molecule has 164 valence electrons. The van der Waals surface area contributed by atoms with E-state index in [-0.39, 0.29) is 17.6 Å². The van der Waals surface area contributed by atoms with Gasteiger partial charge in [0.2, 0.25) is 5.91 Å². The zero-order chi connectivity index (χ0) is 21.9. The van der Waals surface area contributed by atoms with E-state index in [1.807, 2.05) is 54.6 Å². The highest BCUT2D eigenvalue weighted by Gasteiger charge is 2.15. The quantitative estimate of drug-likeness (QED) is 0.447. The molecule has 0 bridgehead atoms. The second-order valence-corrected chi connectivity index (χ2v) is 8.15. The predicted octanol–water partition coefficient (Wildman–Crippen LogP) is 4.11. The van der Waals surface area contributed by atoms with Crippen molar-refractivity contribution >= 4 is 29.1 Å². The molecule has 0 aliphatic heterocycles. The summed E-state index contributed by atoms with van der Waals surface area (Å²) in [6.45, 7) is -0.185. The summed E-state index contributed by atoms with van der Waals surface area (Å²) in [7, 11) is 0. The molecule has 6 nitrogen and oxygen atoms in total. The van der Waals surface area contributed by atoms with Crippen molar-refractivity contribution in [2.75, 3.05) is 6.61 Å². The van der Waals surface area contributed by atoms with Gasteiger partial charge in [-0.2, -0.15) is 0 Å². The van der Waals surface area contributed by atoms with Crippen LogP contribution in [0, 0.1) is 5.92 Å². The van der Waals surface area contributed by atoms with Crippen molar-refractivity contribution in [1.82, 2.24) is 16.2 Å². The summed E-state index contributed by atoms with van der Waals surface area (Å²) < 4.78 is 5.69. The molecule has 0 radical (unpaired) electrons. The third kappa shape index (κ3) is 7.68. The zero-order valence-corrected chi connectivity index (χ0v) is 18.4. The summed E-state index contributed by atoms with van der Waals surface area (Å²) in [5.74, 6) is 0.714. The second kappa shape index (κ2) is 12.1. The van der Waals surface area contributed by atoms with Crippen molar-refractivity contribution < 1.29 is 14.3 Å². The van der Waals surface area contributed by atoms with Gasteiger partial charge in [0.1, 0.15) is 5.75 Å². The first-order valence-electron chi connectivity index (χ1n) is 10.8. The van der Waals surface area contributed by atoms with Gasteiger partial charge in [-0.3, -0.25) is 20.4 Å². The Morgan fingerprint density at radius 2 is 1.61 bits per heavy atom. The van der Waals surface area contributed by atoms with Crippen molar-refractivity contribution in [1.29, 1.82) is 0 Å². The van der Waals surface area contributed by atoms with Crippen LogP contribution in [0.5, 0.6) is 5.75 Å². The summed E-state index contributed by atoms with van der Waals surface area (Å²) in [5.41, 5.74) is 6.92. The molecule has 0 unspecified atom stereocenters. The van der Waals surface area contributed by atoms with Gasteiger partial charge in [0.25, 0.3) is 5.91 Å². The van der Waals surface area contributed by atoms with E-state index in [9.17, 15) is 9.59 Å². The molecule has 0 heterocycles. The molecule has 1 fully saturated rings. The Kier molecular flexibility index (Phi) is 8.84. The van der Waals surface area contributed by atoms with Crippen LogP contribution in [0.25, 0.3) is 11.1 Å². The molecule has 0 aromatic heterocycles. The van der Waals surface area contributed by atoms with Gasteiger partial charge in [0, 0.05) is 12.0 Å². The van der Waals surface area contributed by atoms with E-state index in [2.05, 4.69) is 16.2 Å². The fourth-order valence-electron chi connectivity index (χ4n) is 3.79. The lowest BCUT2D eigenvalue weighted by molar-refractivity contribution is -0.124. The lowest BCUT2D eigenvalue weighted by atomic mass is 9.86. The third-order valence-electron chi connectivity index (χ3n) is 5.40. The van der Waals surface area contributed by atoms with Crippen LogP contribution in [-0.4, -0.2) is 23.5 Å². The number of carbonyl (C=O) groups is 2. The normalized spacial score (nSPS) is 13.8. The molecule has 31 heavy (non-hydrogen) atoms. The van der Waals surface area contributed by atoms with Gasteiger partial charge >= 0.3 is 0 Å². The largest absolute Gasteiger partial charge is 0.483 e. The molecule has 3 rings (SSSR count). The Labute approximate surface area is 188 Å². The van der Waals surface area contributed by atoms with Crippen LogP contribution < -0.4 is 20.9 Å². The number of hydrogen-bond acceptors (Lipinski definition) is 4. The monoisotopic (exact) mass is 439 g/mol. The number of benzene rings is 2. The van der Waals surface area contributed by atoms with Crippen LogP contribution in [0.2, 0.25) is 0 Å². The Hall–Kier alpha value is -2.93. The van der Waals surface area contributed by atoms with Crippen molar-refractivity contribution in [3.63, 3.8) is 0 Å². The first-order valence-corrected chi connectivity index (χ1v) is 11.2. The number of hydrazine groups is 1. The number of thiocarbonyl (C=S) groups is 1. The lowest BCUT2D eigenvalue weighted by Crippen LogP contribution is -2.49. The van der Waals surface area contributed by atoms with Gasteiger partial charge < -0.3 is 10.1 Å². The molecule has 1 saturated carbocycles. The third-order valence-corrected chi connectivity index (χ3v) is 5.61. The number of carbonyl (C=O) groups excluding carboxylic acids is 2. The second-order valence-electron chi connectivity index (χ2n) is 7.74. The van der Waals surface area contributed by atoms with Gasteiger partial charge in [-0.1, -0.05) is 80.6 Å². The molecule has 0 saturated heterocycles. The maximum atomic E-state index is 12.1. The van der Waals surface area contributed by atoms with Crippen LogP contribution >= 0.6 is 12.2 Å². The highest BCUT2D eigenvalue weighted by molar-refractivity contribution is 7.80. The molecular weight excluding hydrogens is 410 g/mol. The molecule has 2 amide bonds. The van der Waals surface area contributed by atoms with Gasteiger partial charge in [0.15, 0.2) is 11.7 Å². The molecule has 0 atom stereocenters. The van der Waals surface area contributed by atoms with E-state index >= 15 is 0 Å². The number of rotatable bonds is 7. The Bertz CT molecular complexity index is 883. The van der Waals surface area contributed by atoms with Crippen molar-refractivity contribution in [3.8, 4) is 16.9 Å². The molecule has 0 spiro atoms. The summed E-state index contributed by atoms with van der Waals surface area (Å²) in [6.07, 6.45) is 7.57. The number of para-hydroxylation sites is 1. The molecule has 7 heteroatoms. The van der Waals surface area contributed by atoms with Crippen molar-refractivity contribution in [3.05, 3.63) is 54.6 Å². The molecule has 2 aromatic carbocycles. The van der Waals surface area contributed by atoms with E-state index in [1.165, 1.54) is 32.1 Å². The fourth-order valence-corrected chi connectivity index (χ4v) is 3.95. The van der Waals surface area contributed by atoms with Crippen LogP contribution in [0.1, 0.15) is 44.9 Å². The minimum Gasteiger partial charge on any atom is -0.483 e. The minimum absolute atomic E-state index is 0.0756. The van der Waals surface area contributed by atoms with Crippen molar-refractivity contribution in [2.24, 2.45) is 5.92 Å². The first-order chi connectivity index (χ1) is 15.1. The summed E-state index contributed by atoms with van der Waals surface area (Å²) in [6, 6.07) is 17.4. The standard InChI is InChI=1S/C24H29N3O3S/c28-22(16-15-18-9-3-1-4-10-18)25-24(31)27-26-23(29)17-30-21-14-8-7-13-20(21)19-11-5-2-6-12-19/h2,5-8,11-14,18H,1,3-4,9-10,15-17H2,(H,26,29)(H2,25,27,28,31). The van der Waals surface area contributed by atoms with E-state index in [0.717, 1.165) is 17.5 Å². The number of amides is 2. The molecular formula is C24H29N3O3S. The minimum atomic E-state index is -0.401. The Morgan fingerprint density at radius 1 is 0.903 bits per heavy atom. The number of hydrogen-bond donors (Lipinski definition) is 3. The molecule has 1 aliphatic carbocycles. The number of ether oxygens (including phenoxy) is 1. The average molecular weight is 440 g/mol. The Balaban J connectivity index is 1.37. The summed E-state index contributed by atoms with van der Waals surface area (Å²) >= 11 is 5.08. The maximum absolute atomic E-state index is 12.1. The SMILES string of the molecule is O=C(COc1ccccc1-c1ccccc1)NNC(=S)NC(=O)CCC1CCCCC1. The van der Waals surface area contributed by atoms with Crippen LogP contribution in [-0.2, 0) is 9.59 Å². The van der Waals surface area contributed by atoms with Gasteiger partial charge in [-0.05, 0) is 36.2 Å². The van der Waals surface area contributed by atoms with E-state index < -0.39 is 5.91 Å². The highest BCUT2D eigenvalue weighted by atomic mass is 32.1. The first kappa shape index (κ1) is 22.7.